The second-order valence-electron chi connectivity index (χ2n) is 5.15. The molecule has 1 saturated heterocycles. The minimum atomic E-state index is -4.14. The molecule has 0 aromatic rings. The number of hydrogen-bond acceptors (Lipinski definition) is 5. The van der Waals surface area contributed by atoms with Crippen molar-refractivity contribution < 1.29 is 37.2 Å². The van der Waals surface area contributed by atoms with E-state index < -0.39 is 58.1 Å². The van der Waals surface area contributed by atoms with E-state index in [0.29, 0.717) is 11.3 Å². The molecule has 2 aliphatic heterocycles. The van der Waals surface area contributed by atoms with Gasteiger partial charge in [0.05, 0.1) is 0 Å². The summed E-state index contributed by atoms with van der Waals surface area (Å²) in [6, 6.07) is -1.10. The Hall–Kier alpha value is -1.40. The molecule has 12 heteroatoms. The molecule has 24 heavy (non-hydrogen) atoms. The summed E-state index contributed by atoms with van der Waals surface area (Å²) in [5.41, 5.74) is 0.326. The van der Waals surface area contributed by atoms with Crippen LogP contribution in [0.2, 0.25) is 0 Å². The zero-order chi connectivity index (χ0) is 18.2. The monoisotopic (exact) mass is 386 g/mol. The van der Waals surface area contributed by atoms with Crippen LogP contribution in [0.4, 0.5) is 13.2 Å². The quantitative estimate of drug-likeness (QED) is 0.493. The lowest BCUT2D eigenvalue weighted by Crippen LogP contribution is -2.70. The summed E-state index contributed by atoms with van der Waals surface area (Å²) in [6.45, 7) is -0.596. The molecule has 2 N–H and O–H groups in total. The topological polar surface area (TPSA) is 110 Å². The molecule has 2 heterocycles. The van der Waals surface area contributed by atoms with Gasteiger partial charge in [0.2, 0.25) is 6.67 Å². The van der Waals surface area contributed by atoms with E-state index in [4.69, 9.17) is 5.11 Å². The molecule has 134 valence electrons. The fourth-order valence-corrected chi connectivity index (χ4v) is 4.22. The highest BCUT2D eigenvalue weighted by Crippen LogP contribution is 2.40. The minimum Gasteiger partial charge on any atom is -0.611 e. The van der Waals surface area contributed by atoms with Gasteiger partial charge in [-0.25, -0.2) is 9.18 Å². The first-order valence-corrected chi connectivity index (χ1v) is 8.96. The molecule has 0 aromatic heterocycles. The molecule has 1 fully saturated rings. The Bertz CT molecular complexity index is 616. The lowest BCUT2D eigenvalue weighted by atomic mass is 10.0. The summed E-state index contributed by atoms with van der Waals surface area (Å²) in [7, 11) is 0. The van der Waals surface area contributed by atoms with Gasteiger partial charge in [-0.15, -0.1) is 11.8 Å². The molecular formula is C12H13F3N2O5S2. The van der Waals surface area contributed by atoms with Crippen LogP contribution >= 0.6 is 11.8 Å². The van der Waals surface area contributed by atoms with Gasteiger partial charge in [0.15, 0.2) is 5.75 Å². The van der Waals surface area contributed by atoms with E-state index >= 15 is 0 Å². The Kier molecular flexibility index (Phi) is 5.40. The zero-order valence-electron chi connectivity index (χ0n) is 12.3. The zero-order valence-corrected chi connectivity index (χ0v) is 13.9. The number of hydrogen-bond donors (Lipinski definition) is 2. The van der Waals surface area contributed by atoms with Crippen molar-refractivity contribution in [2.75, 3.05) is 18.2 Å². The lowest BCUT2D eigenvalue weighted by Gasteiger charge is -2.49. The number of nitrogens with one attached hydrogen (secondary N) is 1. The van der Waals surface area contributed by atoms with Crippen LogP contribution in [0.25, 0.3) is 0 Å². The summed E-state index contributed by atoms with van der Waals surface area (Å²) < 4.78 is 49.0. The Morgan fingerprint density at radius 1 is 1.54 bits per heavy atom. The average Bonchev–Trinajstić information content (AvgIpc) is 2.51. The van der Waals surface area contributed by atoms with Crippen molar-refractivity contribution >= 4 is 40.7 Å². The standard InChI is InChI=1S/C12H13F3N2O5S2/c1-5-2-23-10-7(9(19)17(10)8(5)11(20)21)16-6(18)3-24(22)12(14,15)4-13/h7,10H,2-4H2,1H3,(H,16,18)(H,20,21)/t7?,10-,24?/m1/s1. The molecule has 0 aromatic carbocycles. The summed E-state index contributed by atoms with van der Waals surface area (Å²) >= 11 is -1.84. The molecule has 2 amide bonds. The highest BCUT2D eigenvalue weighted by molar-refractivity contribution is 8.00. The van der Waals surface area contributed by atoms with Crippen molar-refractivity contribution in [2.45, 2.75) is 23.6 Å². The highest BCUT2D eigenvalue weighted by Gasteiger charge is 2.54. The first-order valence-electron chi connectivity index (χ1n) is 6.59. The minimum absolute atomic E-state index is 0.165. The first kappa shape index (κ1) is 18.9. The summed E-state index contributed by atoms with van der Waals surface area (Å²) in [5.74, 6) is -3.89. The molecule has 2 aliphatic rings. The smallest absolute Gasteiger partial charge is 0.435 e. The number of carboxylic acid groups (broad SMARTS) is 1. The molecule has 0 saturated carbocycles. The van der Waals surface area contributed by atoms with Crippen LogP contribution < -0.4 is 5.32 Å². The Balaban J connectivity index is 2.01. The summed E-state index contributed by atoms with van der Waals surface area (Å²) in [6.07, 6.45) is 0. The Morgan fingerprint density at radius 2 is 2.17 bits per heavy atom. The summed E-state index contributed by atoms with van der Waals surface area (Å²) in [5, 5.41) is 6.49. The van der Waals surface area contributed by atoms with Crippen molar-refractivity contribution in [3.05, 3.63) is 11.3 Å². The van der Waals surface area contributed by atoms with Crippen LogP contribution in [0.1, 0.15) is 6.92 Å². The third kappa shape index (κ3) is 3.35. The second kappa shape index (κ2) is 6.84. The second-order valence-corrected chi connectivity index (χ2v) is 7.83. The molecule has 7 nitrogen and oxygen atoms in total. The molecule has 0 bridgehead atoms. The molecule has 2 unspecified atom stereocenters. The van der Waals surface area contributed by atoms with E-state index in [-0.39, 0.29) is 5.70 Å². The number of β-lactam (4-membered cyclic amide) rings is 1. The molecule has 0 aliphatic carbocycles. The highest BCUT2D eigenvalue weighted by atomic mass is 32.2. The van der Waals surface area contributed by atoms with Crippen LogP contribution in [0, 0.1) is 0 Å². The number of fused-ring (bicyclic) bond motifs is 1. The van der Waals surface area contributed by atoms with Crippen molar-refractivity contribution in [2.24, 2.45) is 0 Å². The largest absolute Gasteiger partial charge is 0.611 e. The molecule has 3 atom stereocenters. The maximum Gasteiger partial charge on any atom is 0.435 e. The molecule has 0 spiro atoms. The van der Waals surface area contributed by atoms with E-state index in [9.17, 15) is 32.1 Å². The van der Waals surface area contributed by atoms with Crippen LogP contribution in [-0.2, 0) is 25.6 Å². The number of halogens is 3. The van der Waals surface area contributed by atoms with Crippen molar-refractivity contribution in [3.8, 4) is 0 Å². The number of carboxylic acids is 1. The first-order chi connectivity index (χ1) is 11.1. The van der Waals surface area contributed by atoms with E-state index in [1.165, 1.54) is 11.8 Å². The predicted molar refractivity (Wildman–Crippen MR) is 79.3 cm³/mol. The van der Waals surface area contributed by atoms with E-state index in [1.54, 1.807) is 6.92 Å². The number of carbonyl (C=O) groups excluding carboxylic acids is 2. The van der Waals surface area contributed by atoms with Gasteiger partial charge in [-0.2, -0.15) is 8.78 Å². The van der Waals surface area contributed by atoms with Gasteiger partial charge in [0, 0.05) is 16.9 Å². The SMILES string of the molecule is CC1=C(C(=O)O)N2C(=O)C(NC(=O)C[S+]([O-])C(F)(F)CF)[C@H]2SC1. The lowest BCUT2D eigenvalue weighted by molar-refractivity contribution is -0.150. The van der Waals surface area contributed by atoms with Crippen molar-refractivity contribution in [1.29, 1.82) is 0 Å². The number of thioether (sulfide) groups is 1. The fourth-order valence-electron chi connectivity index (χ4n) is 2.28. The van der Waals surface area contributed by atoms with Crippen LogP contribution in [0.15, 0.2) is 11.3 Å². The maximum atomic E-state index is 12.9. The Labute approximate surface area is 141 Å². The van der Waals surface area contributed by atoms with Gasteiger partial charge in [0.1, 0.15) is 17.1 Å². The molecule has 0 radical (unpaired) electrons. The Morgan fingerprint density at radius 3 is 2.71 bits per heavy atom. The van der Waals surface area contributed by atoms with Gasteiger partial charge in [-0.3, -0.25) is 14.5 Å². The number of alkyl halides is 3. The average molecular weight is 386 g/mol. The third-order valence-electron chi connectivity index (χ3n) is 3.43. The van der Waals surface area contributed by atoms with Gasteiger partial charge in [0.25, 0.3) is 11.8 Å². The van der Waals surface area contributed by atoms with Gasteiger partial charge in [-0.1, -0.05) is 0 Å². The van der Waals surface area contributed by atoms with Gasteiger partial charge < -0.3 is 15.0 Å². The number of nitrogens with zero attached hydrogens (tertiary/aromatic N) is 1. The van der Waals surface area contributed by atoms with Crippen molar-refractivity contribution in [3.63, 3.8) is 0 Å². The van der Waals surface area contributed by atoms with Gasteiger partial charge >= 0.3 is 11.2 Å². The van der Waals surface area contributed by atoms with Crippen molar-refractivity contribution in [1.82, 2.24) is 10.2 Å². The summed E-state index contributed by atoms with van der Waals surface area (Å²) in [4.78, 5) is 35.9. The van der Waals surface area contributed by atoms with E-state index in [1.807, 2.05) is 0 Å². The number of carbonyl (C=O) groups is 3. The molecular weight excluding hydrogens is 373 g/mol. The maximum absolute atomic E-state index is 12.9. The van der Waals surface area contributed by atoms with Crippen LogP contribution in [0.3, 0.4) is 0 Å². The predicted octanol–water partition coefficient (Wildman–Crippen LogP) is 0.0559. The van der Waals surface area contributed by atoms with E-state index in [0.717, 1.165) is 4.90 Å². The normalized spacial score (nSPS) is 25.0. The third-order valence-corrected chi connectivity index (χ3v) is 6.15. The number of aliphatic carboxylic acids is 1. The molecule has 2 rings (SSSR count). The van der Waals surface area contributed by atoms with Crippen LogP contribution in [0.5, 0.6) is 0 Å². The van der Waals surface area contributed by atoms with E-state index in [2.05, 4.69) is 5.32 Å². The number of rotatable bonds is 6. The van der Waals surface area contributed by atoms with Crippen LogP contribution in [-0.4, -0.2) is 67.2 Å². The van der Waals surface area contributed by atoms with Gasteiger partial charge in [-0.05, 0) is 12.5 Å². The number of amides is 2. The fraction of sp³-hybridized carbons (Fsp3) is 0.583.